The van der Waals surface area contributed by atoms with Crippen molar-refractivity contribution in [3.8, 4) is 11.5 Å². The predicted octanol–water partition coefficient (Wildman–Crippen LogP) is 2.49. The SMILES string of the molecule is COc1ccc(/C=C(/NC(=O)C(C)(C)C)C(=O)Nc2ccc(S(N)(=O)=O)cc2)cc1OC. The minimum atomic E-state index is -3.85. The monoisotopic (exact) mass is 461 g/mol. The molecule has 2 aromatic rings. The van der Waals surface area contributed by atoms with Gasteiger partial charge in [-0.1, -0.05) is 26.8 Å². The van der Waals surface area contributed by atoms with Gasteiger partial charge in [0, 0.05) is 11.1 Å². The number of methoxy groups -OCH3 is 2. The molecule has 0 aromatic heterocycles. The van der Waals surface area contributed by atoms with Gasteiger partial charge >= 0.3 is 0 Å². The lowest BCUT2D eigenvalue weighted by Crippen LogP contribution is -2.38. The van der Waals surface area contributed by atoms with E-state index in [9.17, 15) is 18.0 Å². The molecule has 0 saturated carbocycles. The standard InChI is InChI=1S/C22H27N3O6S/c1-22(2,3)21(27)25-17(12-14-6-11-18(30-4)19(13-14)31-5)20(26)24-15-7-9-16(10-8-15)32(23,28)29/h6-13H,1-5H3,(H,24,26)(H,25,27)(H2,23,28,29)/b17-12+. The summed E-state index contributed by atoms with van der Waals surface area (Å²) in [4.78, 5) is 25.4. The Kier molecular flexibility index (Phi) is 7.65. The number of benzene rings is 2. The number of anilines is 1. The Labute approximate surface area is 187 Å². The lowest BCUT2D eigenvalue weighted by molar-refractivity contribution is -0.128. The number of sulfonamides is 1. The number of hydrogen-bond donors (Lipinski definition) is 3. The van der Waals surface area contributed by atoms with Crippen LogP contribution in [0.15, 0.2) is 53.1 Å². The number of primary sulfonamides is 1. The average Bonchev–Trinajstić information content (AvgIpc) is 2.72. The summed E-state index contributed by atoms with van der Waals surface area (Å²) in [6.07, 6.45) is 1.50. The molecule has 0 aliphatic carbocycles. The zero-order valence-corrected chi connectivity index (χ0v) is 19.4. The number of nitrogens with one attached hydrogen (secondary N) is 2. The molecule has 2 rings (SSSR count). The number of rotatable bonds is 7. The van der Waals surface area contributed by atoms with Gasteiger partial charge in [0.25, 0.3) is 5.91 Å². The molecule has 9 nitrogen and oxygen atoms in total. The number of carbonyl (C=O) groups is 2. The summed E-state index contributed by atoms with van der Waals surface area (Å²) < 4.78 is 33.3. The summed E-state index contributed by atoms with van der Waals surface area (Å²) in [6, 6.07) is 10.4. The van der Waals surface area contributed by atoms with Gasteiger partial charge in [-0.15, -0.1) is 0 Å². The highest BCUT2D eigenvalue weighted by Crippen LogP contribution is 2.28. The van der Waals surface area contributed by atoms with E-state index in [-0.39, 0.29) is 16.5 Å². The van der Waals surface area contributed by atoms with Gasteiger partial charge in [-0.2, -0.15) is 0 Å². The van der Waals surface area contributed by atoms with Crippen LogP contribution < -0.4 is 25.2 Å². The zero-order chi connectivity index (χ0) is 24.1. The highest BCUT2D eigenvalue weighted by atomic mass is 32.2. The van der Waals surface area contributed by atoms with E-state index in [1.165, 1.54) is 44.6 Å². The van der Waals surface area contributed by atoms with Crippen molar-refractivity contribution in [2.24, 2.45) is 10.6 Å². The molecule has 2 amide bonds. The highest BCUT2D eigenvalue weighted by Gasteiger charge is 2.24. The van der Waals surface area contributed by atoms with Crippen LogP contribution in [-0.2, 0) is 19.6 Å². The van der Waals surface area contributed by atoms with E-state index < -0.39 is 21.3 Å². The average molecular weight is 462 g/mol. The molecule has 0 heterocycles. The first-order valence-electron chi connectivity index (χ1n) is 9.54. The summed E-state index contributed by atoms with van der Waals surface area (Å²) in [5.74, 6) is 0.0238. The first kappa shape index (κ1) is 24.9. The van der Waals surface area contributed by atoms with Gasteiger partial charge in [0.15, 0.2) is 11.5 Å². The second-order valence-electron chi connectivity index (χ2n) is 7.90. The van der Waals surface area contributed by atoms with Crippen molar-refractivity contribution in [3.05, 3.63) is 53.7 Å². The first-order valence-corrected chi connectivity index (χ1v) is 11.1. The molecule has 2 aromatic carbocycles. The summed E-state index contributed by atoms with van der Waals surface area (Å²) in [6.45, 7) is 5.17. The van der Waals surface area contributed by atoms with Crippen LogP contribution >= 0.6 is 0 Å². The van der Waals surface area contributed by atoms with Crippen molar-refractivity contribution in [3.63, 3.8) is 0 Å². The van der Waals surface area contributed by atoms with Crippen LogP contribution in [0.5, 0.6) is 11.5 Å². The molecule has 0 atom stereocenters. The minimum Gasteiger partial charge on any atom is -0.493 e. The Hall–Kier alpha value is -3.37. The number of carbonyl (C=O) groups excluding carboxylic acids is 2. The van der Waals surface area contributed by atoms with Gasteiger partial charge in [-0.25, -0.2) is 13.6 Å². The van der Waals surface area contributed by atoms with Crippen LogP contribution in [0.4, 0.5) is 5.69 Å². The number of hydrogen-bond acceptors (Lipinski definition) is 6. The molecule has 4 N–H and O–H groups in total. The molecule has 0 radical (unpaired) electrons. The fraction of sp³-hybridized carbons (Fsp3) is 0.273. The Balaban J connectivity index is 2.39. The molecule has 0 unspecified atom stereocenters. The van der Waals surface area contributed by atoms with Crippen LogP contribution in [0.25, 0.3) is 6.08 Å². The van der Waals surface area contributed by atoms with E-state index in [2.05, 4.69) is 10.6 Å². The van der Waals surface area contributed by atoms with Crippen LogP contribution in [0.1, 0.15) is 26.3 Å². The normalized spacial score (nSPS) is 12.1. The Morgan fingerprint density at radius 3 is 2.06 bits per heavy atom. The Bertz CT molecular complexity index is 1130. The van der Waals surface area contributed by atoms with Crippen LogP contribution in [0.2, 0.25) is 0 Å². The van der Waals surface area contributed by atoms with E-state index >= 15 is 0 Å². The molecular formula is C22H27N3O6S. The van der Waals surface area contributed by atoms with Crippen molar-refractivity contribution in [2.45, 2.75) is 25.7 Å². The lowest BCUT2D eigenvalue weighted by Gasteiger charge is -2.19. The minimum absolute atomic E-state index is 0.00679. The summed E-state index contributed by atoms with van der Waals surface area (Å²) in [5.41, 5.74) is 0.165. The second kappa shape index (κ2) is 9.84. The fourth-order valence-corrected chi connectivity index (χ4v) is 3.02. The third-order valence-corrected chi connectivity index (χ3v) is 5.26. The Morgan fingerprint density at radius 1 is 0.969 bits per heavy atom. The van der Waals surface area contributed by atoms with Gasteiger partial charge in [-0.3, -0.25) is 9.59 Å². The topological polar surface area (TPSA) is 137 Å². The highest BCUT2D eigenvalue weighted by molar-refractivity contribution is 7.89. The molecule has 0 aliphatic heterocycles. The second-order valence-corrected chi connectivity index (χ2v) is 9.46. The fourth-order valence-electron chi connectivity index (χ4n) is 2.50. The molecule has 32 heavy (non-hydrogen) atoms. The predicted molar refractivity (Wildman–Crippen MR) is 122 cm³/mol. The maximum atomic E-state index is 12.9. The van der Waals surface area contributed by atoms with Gasteiger partial charge < -0.3 is 20.1 Å². The van der Waals surface area contributed by atoms with Gasteiger partial charge in [-0.05, 0) is 48.0 Å². The molecule has 10 heteroatoms. The maximum Gasteiger partial charge on any atom is 0.272 e. The maximum absolute atomic E-state index is 12.9. The molecule has 0 bridgehead atoms. The van der Waals surface area contributed by atoms with E-state index in [1.54, 1.807) is 39.0 Å². The van der Waals surface area contributed by atoms with Gasteiger partial charge in [0.2, 0.25) is 15.9 Å². The van der Waals surface area contributed by atoms with Gasteiger partial charge in [0.05, 0.1) is 19.1 Å². The molecule has 0 fully saturated rings. The molecular weight excluding hydrogens is 434 g/mol. The molecule has 0 aliphatic rings. The zero-order valence-electron chi connectivity index (χ0n) is 18.6. The van der Waals surface area contributed by atoms with Gasteiger partial charge in [0.1, 0.15) is 5.70 Å². The largest absolute Gasteiger partial charge is 0.493 e. The van der Waals surface area contributed by atoms with Crippen LogP contribution in [-0.4, -0.2) is 34.5 Å². The van der Waals surface area contributed by atoms with E-state index in [0.29, 0.717) is 22.7 Å². The van der Waals surface area contributed by atoms with Crippen LogP contribution in [0, 0.1) is 5.41 Å². The molecule has 0 spiro atoms. The smallest absolute Gasteiger partial charge is 0.272 e. The number of ether oxygens (including phenoxy) is 2. The molecule has 0 saturated heterocycles. The van der Waals surface area contributed by atoms with E-state index in [4.69, 9.17) is 14.6 Å². The van der Waals surface area contributed by atoms with Crippen molar-refractivity contribution in [1.29, 1.82) is 0 Å². The summed E-state index contributed by atoms with van der Waals surface area (Å²) in [5, 5.41) is 10.4. The number of nitrogens with two attached hydrogens (primary N) is 1. The van der Waals surface area contributed by atoms with Crippen molar-refractivity contribution < 1.29 is 27.5 Å². The first-order chi connectivity index (χ1) is 14.8. The number of amides is 2. The van der Waals surface area contributed by atoms with E-state index in [0.717, 1.165) is 0 Å². The Morgan fingerprint density at radius 2 is 1.56 bits per heavy atom. The quantitative estimate of drug-likeness (QED) is 0.542. The lowest BCUT2D eigenvalue weighted by atomic mass is 9.95. The van der Waals surface area contributed by atoms with Crippen molar-refractivity contribution in [1.82, 2.24) is 5.32 Å². The van der Waals surface area contributed by atoms with Crippen molar-refractivity contribution in [2.75, 3.05) is 19.5 Å². The summed E-state index contributed by atoms with van der Waals surface area (Å²) >= 11 is 0. The van der Waals surface area contributed by atoms with Crippen molar-refractivity contribution >= 4 is 33.6 Å². The summed E-state index contributed by atoms with van der Waals surface area (Å²) in [7, 11) is -0.850. The molecule has 172 valence electrons. The third kappa shape index (κ3) is 6.56. The van der Waals surface area contributed by atoms with Crippen LogP contribution in [0.3, 0.4) is 0 Å². The third-order valence-electron chi connectivity index (χ3n) is 4.33. The van der Waals surface area contributed by atoms with E-state index in [1.807, 2.05) is 0 Å².